The zero-order valence-corrected chi connectivity index (χ0v) is 16.9. The number of rotatable bonds is 6. The molecule has 1 aliphatic rings. The molecule has 2 aromatic rings. The molecule has 1 atom stereocenters. The Morgan fingerprint density at radius 3 is 2.96 bits per heavy atom. The number of nitrogens with one attached hydrogen (secondary N) is 1. The second kappa shape index (κ2) is 8.77. The van der Waals surface area contributed by atoms with Crippen molar-refractivity contribution in [2.75, 3.05) is 19.6 Å². The van der Waals surface area contributed by atoms with Gasteiger partial charge in [0.2, 0.25) is 5.91 Å². The first-order valence-corrected chi connectivity index (χ1v) is 10.9. The molecule has 2 aromatic heterocycles. The predicted octanol–water partition coefficient (Wildman–Crippen LogP) is 3.60. The van der Waals surface area contributed by atoms with Crippen LogP contribution in [0.4, 0.5) is 0 Å². The first-order chi connectivity index (χ1) is 12.6. The highest BCUT2D eigenvalue weighted by Gasteiger charge is 2.28. The van der Waals surface area contributed by atoms with Crippen LogP contribution in [0, 0.1) is 6.92 Å². The number of hydrogen-bond acceptors (Lipinski definition) is 5. The summed E-state index contributed by atoms with van der Waals surface area (Å²) in [5.74, 6) is 0.545. The molecule has 0 aliphatic carbocycles. The molecule has 1 aliphatic heterocycles. The van der Waals surface area contributed by atoms with Crippen LogP contribution in [0.1, 0.15) is 58.0 Å². The van der Waals surface area contributed by atoms with Crippen LogP contribution in [0.15, 0.2) is 16.8 Å². The molecule has 0 spiro atoms. The summed E-state index contributed by atoms with van der Waals surface area (Å²) in [5, 5.41) is 8.06. The highest BCUT2D eigenvalue weighted by Crippen LogP contribution is 2.31. The maximum absolute atomic E-state index is 12.8. The number of likely N-dealkylation sites (tertiary alicyclic amines) is 1. The first-order valence-electron chi connectivity index (χ1n) is 9.12. The van der Waals surface area contributed by atoms with Crippen molar-refractivity contribution in [3.05, 3.63) is 38.0 Å². The lowest BCUT2D eigenvalue weighted by atomic mass is 9.98. The Kier molecular flexibility index (Phi) is 6.43. The third-order valence-electron chi connectivity index (χ3n) is 4.71. The van der Waals surface area contributed by atoms with Gasteiger partial charge in [0.15, 0.2) is 0 Å². The molecule has 0 unspecified atom stereocenters. The molecule has 2 amide bonds. The molecule has 0 radical (unpaired) electrons. The fourth-order valence-corrected chi connectivity index (χ4v) is 5.05. The summed E-state index contributed by atoms with van der Waals surface area (Å²) in [5.41, 5.74) is 2.09. The summed E-state index contributed by atoms with van der Waals surface area (Å²) in [6.45, 7) is 6.05. The van der Waals surface area contributed by atoms with Crippen molar-refractivity contribution in [3.8, 4) is 0 Å². The van der Waals surface area contributed by atoms with Gasteiger partial charge in [0.1, 0.15) is 0 Å². The molecule has 1 N–H and O–H groups in total. The number of hydrogen-bond donors (Lipinski definition) is 1. The Balaban J connectivity index is 1.59. The fraction of sp³-hybridized carbons (Fsp3) is 0.526. The molecule has 5 nitrogen and oxygen atoms in total. The van der Waals surface area contributed by atoms with E-state index in [2.05, 4.69) is 10.7 Å². The van der Waals surface area contributed by atoms with Gasteiger partial charge >= 0.3 is 0 Å². The number of carbonyl (C=O) groups is 2. The molecular formula is C19H25N3O2S2. The summed E-state index contributed by atoms with van der Waals surface area (Å²) in [6, 6.07) is 2.00. The minimum Gasteiger partial charge on any atom is -0.356 e. The van der Waals surface area contributed by atoms with Gasteiger partial charge in [-0.3, -0.25) is 9.59 Å². The lowest BCUT2D eigenvalue weighted by Crippen LogP contribution is -2.39. The molecule has 3 heterocycles. The van der Waals surface area contributed by atoms with E-state index in [0.717, 1.165) is 53.5 Å². The van der Waals surface area contributed by atoms with E-state index in [9.17, 15) is 9.59 Å². The van der Waals surface area contributed by atoms with Crippen molar-refractivity contribution >= 4 is 34.5 Å². The molecular weight excluding hydrogens is 366 g/mol. The van der Waals surface area contributed by atoms with E-state index in [1.54, 1.807) is 11.3 Å². The molecule has 1 saturated heterocycles. The summed E-state index contributed by atoms with van der Waals surface area (Å²) in [7, 11) is 0. The molecule has 3 rings (SSSR count). The molecule has 140 valence electrons. The number of amides is 2. The molecule has 0 aromatic carbocycles. The van der Waals surface area contributed by atoms with Crippen LogP contribution in [-0.4, -0.2) is 41.3 Å². The Hall–Kier alpha value is -1.73. The largest absolute Gasteiger partial charge is 0.356 e. The molecule has 0 bridgehead atoms. The topological polar surface area (TPSA) is 62.3 Å². The number of piperidine rings is 1. The van der Waals surface area contributed by atoms with E-state index in [0.29, 0.717) is 18.9 Å². The van der Waals surface area contributed by atoms with Crippen molar-refractivity contribution in [2.24, 2.45) is 0 Å². The third-order valence-corrected chi connectivity index (χ3v) is 6.77. The Morgan fingerprint density at radius 1 is 1.38 bits per heavy atom. The van der Waals surface area contributed by atoms with Gasteiger partial charge in [0.25, 0.3) is 5.91 Å². The van der Waals surface area contributed by atoms with Crippen LogP contribution in [0.5, 0.6) is 0 Å². The molecule has 0 saturated carbocycles. The molecule has 1 fully saturated rings. The molecule has 26 heavy (non-hydrogen) atoms. The lowest BCUT2D eigenvalue weighted by molar-refractivity contribution is -0.120. The normalized spacial score (nSPS) is 17.3. The number of nitrogens with zero attached hydrogens (tertiary/aromatic N) is 2. The van der Waals surface area contributed by atoms with Crippen molar-refractivity contribution in [1.29, 1.82) is 0 Å². The zero-order valence-electron chi connectivity index (χ0n) is 15.3. The second-order valence-electron chi connectivity index (χ2n) is 6.65. The summed E-state index contributed by atoms with van der Waals surface area (Å²) >= 11 is 3.20. The maximum atomic E-state index is 12.8. The SMILES string of the molecule is CCC(=O)NCCc1csc([C@H]2CCCN(C(=O)c3sccc3C)C2)n1. The lowest BCUT2D eigenvalue weighted by Gasteiger charge is -2.31. The summed E-state index contributed by atoms with van der Waals surface area (Å²) in [4.78, 5) is 31.7. The quantitative estimate of drug-likeness (QED) is 0.818. The van der Waals surface area contributed by atoms with E-state index in [-0.39, 0.29) is 11.8 Å². The van der Waals surface area contributed by atoms with Gasteiger partial charge in [-0.15, -0.1) is 22.7 Å². The number of aromatic nitrogens is 1. The highest BCUT2D eigenvalue weighted by molar-refractivity contribution is 7.12. The number of aryl methyl sites for hydroxylation is 1. The van der Waals surface area contributed by atoms with Crippen LogP contribution in [0.25, 0.3) is 0 Å². The van der Waals surface area contributed by atoms with Gasteiger partial charge in [-0.25, -0.2) is 4.98 Å². The number of carbonyl (C=O) groups excluding carboxylic acids is 2. The second-order valence-corrected chi connectivity index (χ2v) is 8.46. The van der Waals surface area contributed by atoms with Gasteiger partial charge < -0.3 is 10.2 Å². The average molecular weight is 392 g/mol. The van der Waals surface area contributed by atoms with Crippen molar-refractivity contribution in [2.45, 2.75) is 45.4 Å². The molecule has 7 heteroatoms. The van der Waals surface area contributed by atoms with E-state index >= 15 is 0 Å². The minimum absolute atomic E-state index is 0.0748. The van der Waals surface area contributed by atoms with Crippen molar-refractivity contribution in [3.63, 3.8) is 0 Å². The monoisotopic (exact) mass is 391 g/mol. The zero-order chi connectivity index (χ0) is 18.5. The summed E-state index contributed by atoms with van der Waals surface area (Å²) in [6.07, 6.45) is 3.36. The van der Waals surface area contributed by atoms with Gasteiger partial charge in [0, 0.05) is 43.8 Å². The van der Waals surface area contributed by atoms with E-state index in [1.807, 2.05) is 30.2 Å². The Morgan fingerprint density at radius 2 is 2.23 bits per heavy atom. The highest BCUT2D eigenvalue weighted by atomic mass is 32.1. The standard InChI is InChI=1S/C19H25N3O2S2/c1-3-16(23)20-8-6-15-12-26-18(21-15)14-5-4-9-22(11-14)19(24)17-13(2)7-10-25-17/h7,10,12,14H,3-6,8-9,11H2,1-2H3,(H,20,23)/t14-/m0/s1. The van der Waals surface area contributed by atoms with Crippen molar-refractivity contribution < 1.29 is 9.59 Å². The Labute approximate surface area is 162 Å². The Bertz CT molecular complexity index is 768. The number of thiazole rings is 1. The van der Waals surface area contributed by atoms with Crippen LogP contribution in [-0.2, 0) is 11.2 Å². The van der Waals surface area contributed by atoms with Crippen LogP contribution in [0.2, 0.25) is 0 Å². The summed E-state index contributed by atoms with van der Waals surface area (Å²) < 4.78 is 0. The average Bonchev–Trinajstić information content (AvgIpc) is 3.30. The van der Waals surface area contributed by atoms with Crippen LogP contribution in [0.3, 0.4) is 0 Å². The number of thiophene rings is 1. The van der Waals surface area contributed by atoms with Crippen molar-refractivity contribution in [1.82, 2.24) is 15.2 Å². The van der Waals surface area contributed by atoms with Gasteiger partial charge in [-0.2, -0.15) is 0 Å². The fourth-order valence-electron chi connectivity index (χ4n) is 3.18. The first kappa shape index (κ1) is 19.0. The van der Waals surface area contributed by atoms with Gasteiger partial charge in [-0.1, -0.05) is 6.92 Å². The maximum Gasteiger partial charge on any atom is 0.264 e. The minimum atomic E-state index is 0.0748. The van der Waals surface area contributed by atoms with E-state index in [4.69, 9.17) is 4.98 Å². The van der Waals surface area contributed by atoms with E-state index < -0.39 is 0 Å². The van der Waals surface area contributed by atoms with Crippen LogP contribution >= 0.6 is 22.7 Å². The van der Waals surface area contributed by atoms with Crippen LogP contribution < -0.4 is 5.32 Å². The van der Waals surface area contributed by atoms with Gasteiger partial charge in [-0.05, 0) is 36.8 Å². The third kappa shape index (κ3) is 4.51. The smallest absolute Gasteiger partial charge is 0.264 e. The van der Waals surface area contributed by atoms with Gasteiger partial charge in [0.05, 0.1) is 15.6 Å². The predicted molar refractivity (Wildman–Crippen MR) is 106 cm³/mol. The van der Waals surface area contributed by atoms with E-state index in [1.165, 1.54) is 11.3 Å².